The first-order valence-electron chi connectivity index (χ1n) is 17.5. The van der Waals surface area contributed by atoms with E-state index in [2.05, 4.69) is 150 Å². The van der Waals surface area contributed by atoms with Crippen molar-refractivity contribution in [3.05, 3.63) is 0 Å². The Hall–Kier alpha value is 0.930. The normalized spacial score (nSPS) is 24.3. The molecule has 0 aromatic carbocycles. The van der Waals surface area contributed by atoms with Gasteiger partial charge in [0, 0.05) is 39.7 Å². The summed E-state index contributed by atoms with van der Waals surface area (Å²) in [6, 6.07) is 0.581. The lowest BCUT2D eigenvalue weighted by atomic mass is 9.62. The molecule has 0 amide bonds. The van der Waals surface area contributed by atoms with Crippen LogP contribution in [0.15, 0.2) is 0 Å². The maximum Gasteiger partial charge on any atom is 0.0263 e. The Morgan fingerprint density at radius 1 is 0.767 bits per heavy atom. The molecule has 1 aliphatic rings. The highest BCUT2D eigenvalue weighted by molar-refractivity contribution is 8.33. The quantitative estimate of drug-likeness (QED) is 0.182. The zero-order valence-corrected chi connectivity index (χ0v) is 35.8. The first kappa shape index (κ1) is 42.0. The molecular formula is C37H83N3S3. The van der Waals surface area contributed by atoms with E-state index in [9.17, 15) is 0 Å². The highest BCUT2D eigenvalue weighted by atomic mass is 32.3. The van der Waals surface area contributed by atoms with E-state index in [4.69, 9.17) is 0 Å². The molecule has 0 bridgehead atoms. The first-order valence-corrected chi connectivity index (χ1v) is 24.6. The number of nitrogens with zero attached hydrogens (tertiary/aromatic N) is 1. The summed E-state index contributed by atoms with van der Waals surface area (Å²) in [5, 5.41) is 4.26. The van der Waals surface area contributed by atoms with Crippen LogP contribution >= 0.6 is 30.5 Å². The molecule has 3 nitrogen and oxygen atoms in total. The van der Waals surface area contributed by atoms with Crippen molar-refractivity contribution in [1.29, 1.82) is 0 Å². The van der Waals surface area contributed by atoms with E-state index in [1.165, 1.54) is 55.2 Å². The van der Waals surface area contributed by atoms with Gasteiger partial charge in [0.15, 0.2) is 0 Å². The molecule has 1 fully saturated rings. The van der Waals surface area contributed by atoms with Gasteiger partial charge >= 0.3 is 0 Å². The maximum absolute atomic E-state index is 4.26. The Kier molecular flexibility index (Phi) is 13.8. The fourth-order valence-corrected chi connectivity index (χ4v) is 15.8. The van der Waals surface area contributed by atoms with Gasteiger partial charge in [0.1, 0.15) is 0 Å². The van der Waals surface area contributed by atoms with Crippen LogP contribution in [0.4, 0.5) is 0 Å². The Bertz CT molecular complexity index is 866. The van der Waals surface area contributed by atoms with Crippen LogP contribution in [0.2, 0.25) is 0 Å². The van der Waals surface area contributed by atoms with E-state index < -0.39 is 30.5 Å². The van der Waals surface area contributed by atoms with Gasteiger partial charge in [-0.2, -0.15) is 20.4 Å². The Morgan fingerprint density at radius 2 is 1.26 bits per heavy atom. The van der Waals surface area contributed by atoms with Crippen molar-refractivity contribution in [1.82, 2.24) is 14.3 Å². The lowest BCUT2D eigenvalue weighted by Gasteiger charge is -2.64. The monoisotopic (exact) mass is 666 g/mol. The molecule has 0 aromatic rings. The highest BCUT2D eigenvalue weighted by Crippen LogP contribution is 2.63. The average Bonchev–Trinajstić information content (AvgIpc) is 2.80. The molecule has 43 heavy (non-hydrogen) atoms. The molecular weight excluding hydrogens is 583 g/mol. The second-order valence-electron chi connectivity index (χ2n) is 19.0. The van der Waals surface area contributed by atoms with E-state index in [-0.39, 0.29) is 21.2 Å². The van der Waals surface area contributed by atoms with Crippen molar-refractivity contribution >= 4 is 30.5 Å². The fourth-order valence-electron chi connectivity index (χ4n) is 7.80. The third-order valence-electron chi connectivity index (χ3n) is 12.2. The van der Waals surface area contributed by atoms with Gasteiger partial charge in [-0.15, -0.1) is 0 Å². The van der Waals surface area contributed by atoms with Gasteiger partial charge < -0.3 is 5.32 Å². The Balaban J connectivity index is 3.21. The van der Waals surface area contributed by atoms with E-state index in [0.717, 1.165) is 6.54 Å². The minimum absolute atomic E-state index is 0.00402. The number of hydrogen-bond donors (Lipinski definition) is 2. The summed E-state index contributed by atoms with van der Waals surface area (Å²) in [7, 11) is -2.49. The second-order valence-corrected chi connectivity index (χ2v) is 31.7. The number of rotatable bonds is 15. The molecule has 2 atom stereocenters. The molecule has 0 aromatic heterocycles. The van der Waals surface area contributed by atoms with Crippen LogP contribution in [0.5, 0.6) is 0 Å². The summed E-state index contributed by atoms with van der Waals surface area (Å²) in [6.45, 7) is 41.9. The Morgan fingerprint density at radius 3 is 1.67 bits per heavy atom. The number of hydrogen-bond acceptors (Lipinski definition) is 3. The van der Waals surface area contributed by atoms with Crippen LogP contribution in [-0.4, -0.2) is 92.0 Å². The Labute approximate surface area is 278 Å². The van der Waals surface area contributed by atoms with E-state index in [1.807, 2.05) is 0 Å². The van der Waals surface area contributed by atoms with Crippen LogP contribution in [0.3, 0.4) is 0 Å². The highest BCUT2D eigenvalue weighted by Gasteiger charge is 2.51. The molecule has 6 heteroatoms. The summed E-state index contributed by atoms with van der Waals surface area (Å²) in [5.74, 6) is 5.58. The first-order chi connectivity index (χ1) is 19.0. The summed E-state index contributed by atoms with van der Waals surface area (Å²) in [6.07, 6.45) is 15.3. The molecule has 264 valence electrons. The molecule has 1 aliphatic carbocycles. The molecule has 0 aliphatic heterocycles. The van der Waals surface area contributed by atoms with Crippen molar-refractivity contribution in [3.63, 3.8) is 0 Å². The van der Waals surface area contributed by atoms with Gasteiger partial charge in [0.25, 0.3) is 0 Å². The smallest absolute Gasteiger partial charge is 0.0263 e. The largest absolute Gasteiger partial charge is 0.310 e. The lowest BCUT2D eigenvalue weighted by Crippen LogP contribution is -2.64. The third-order valence-corrected chi connectivity index (χ3v) is 25.9. The summed E-state index contributed by atoms with van der Waals surface area (Å²) < 4.78 is 7.59. The minimum Gasteiger partial charge on any atom is -0.310 e. The zero-order valence-electron chi connectivity index (χ0n) is 33.3. The maximum atomic E-state index is 4.26. The van der Waals surface area contributed by atoms with Gasteiger partial charge in [0.05, 0.1) is 0 Å². The summed E-state index contributed by atoms with van der Waals surface area (Å²) >= 11 is 0. The van der Waals surface area contributed by atoms with Gasteiger partial charge in [0.2, 0.25) is 0 Å². The summed E-state index contributed by atoms with van der Waals surface area (Å²) in [4.78, 5) is 0. The molecule has 2 N–H and O–H groups in total. The molecule has 0 spiro atoms. The molecule has 1 rings (SSSR count). The predicted molar refractivity (Wildman–Crippen MR) is 213 cm³/mol. The molecule has 2 unspecified atom stereocenters. The predicted octanol–water partition coefficient (Wildman–Crippen LogP) is 10.4. The molecule has 0 radical (unpaired) electrons. The topological polar surface area (TPSA) is 27.3 Å². The summed E-state index contributed by atoms with van der Waals surface area (Å²) in [5.41, 5.74) is 0.773. The van der Waals surface area contributed by atoms with E-state index in [1.54, 1.807) is 0 Å². The van der Waals surface area contributed by atoms with Gasteiger partial charge in [-0.05, 0) is 133 Å². The molecule has 0 saturated heterocycles. The van der Waals surface area contributed by atoms with Crippen molar-refractivity contribution < 1.29 is 0 Å². The van der Waals surface area contributed by atoms with Crippen molar-refractivity contribution in [2.75, 3.05) is 61.1 Å². The fraction of sp³-hybridized carbons (Fsp3) is 1.00. The van der Waals surface area contributed by atoms with Gasteiger partial charge in [-0.25, -0.2) is 10.0 Å². The lowest BCUT2D eigenvalue weighted by molar-refractivity contribution is 0.0690. The van der Waals surface area contributed by atoms with Gasteiger partial charge in [-0.1, -0.05) is 62.3 Å². The van der Waals surface area contributed by atoms with Crippen LogP contribution < -0.4 is 10.0 Å². The zero-order chi connectivity index (χ0) is 34.1. The number of nitrogens with one attached hydrogen (secondary N) is 2. The second kappa shape index (κ2) is 14.2. The van der Waals surface area contributed by atoms with E-state index in [0.29, 0.717) is 16.2 Å². The third kappa shape index (κ3) is 10.2. The molecule has 0 heterocycles. The molecule has 1 saturated carbocycles. The minimum atomic E-state index is -1.13. The van der Waals surface area contributed by atoms with Crippen molar-refractivity contribution in [2.24, 2.45) is 10.8 Å². The van der Waals surface area contributed by atoms with Gasteiger partial charge in [-0.3, -0.25) is 9.03 Å². The van der Waals surface area contributed by atoms with Crippen LogP contribution in [0, 0.1) is 10.8 Å². The van der Waals surface area contributed by atoms with Crippen LogP contribution in [-0.2, 0) is 0 Å². The SMILES string of the molecule is CCS(CC)(CC)CCCN(C(C)(C)C)S(C)(C)C(C)(C)C(C)(C)NCC1(C)CC(NS(C)(C)C(C)(C)C)CC(C)(C)C1. The standard InChI is InChI=1S/C37H83N3S3/c1-21-43(22-2,23-3)26-24-25-40(32(4,5)6)42(19,20)36(14,15)35(12,13)38-30-37(16)28-31(27-34(10,11)29-37)39-41(17,18)33(7,8)9/h31,38-39H,21-30H2,1-20H3. The van der Waals surface area contributed by atoms with Crippen LogP contribution in [0.1, 0.15) is 136 Å². The van der Waals surface area contributed by atoms with E-state index >= 15 is 0 Å². The van der Waals surface area contributed by atoms with Crippen molar-refractivity contribution in [2.45, 2.75) is 163 Å². The average molecular weight is 666 g/mol. The van der Waals surface area contributed by atoms with Crippen molar-refractivity contribution in [3.8, 4) is 0 Å². The van der Waals surface area contributed by atoms with Crippen LogP contribution in [0.25, 0.3) is 0 Å².